The summed E-state index contributed by atoms with van der Waals surface area (Å²) in [6, 6.07) is 19.8. The molecule has 0 unspecified atom stereocenters. The zero-order valence-electron chi connectivity index (χ0n) is 15.9. The maximum absolute atomic E-state index is 12.2. The molecule has 0 spiro atoms. The van der Waals surface area contributed by atoms with Crippen LogP contribution >= 0.6 is 0 Å². The van der Waals surface area contributed by atoms with Crippen LogP contribution in [0.15, 0.2) is 66.9 Å². The van der Waals surface area contributed by atoms with E-state index in [0.717, 1.165) is 22.6 Å². The highest BCUT2D eigenvalue weighted by molar-refractivity contribution is 5.91. The van der Waals surface area contributed by atoms with Crippen LogP contribution in [0, 0.1) is 6.92 Å². The largest absolute Gasteiger partial charge is 0.378 e. The van der Waals surface area contributed by atoms with Gasteiger partial charge in [0.05, 0.1) is 18.3 Å². The second-order valence-corrected chi connectivity index (χ2v) is 6.71. The number of nitrogens with zero attached hydrogens (tertiary/aromatic N) is 2. The summed E-state index contributed by atoms with van der Waals surface area (Å²) in [5.41, 5.74) is 5.16. The van der Waals surface area contributed by atoms with E-state index < -0.39 is 0 Å². The van der Waals surface area contributed by atoms with Crippen LogP contribution in [0.25, 0.3) is 0 Å². The first-order valence-electron chi connectivity index (χ1n) is 8.85. The Labute approximate surface area is 160 Å². The third kappa shape index (κ3) is 5.31. The van der Waals surface area contributed by atoms with Crippen LogP contribution in [0.4, 0.5) is 22.9 Å². The first-order chi connectivity index (χ1) is 13.0. The number of pyridine rings is 1. The minimum atomic E-state index is -0.0775. The molecule has 0 aliphatic rings. The number of aryl methyl sites for hydroxylation is 1. The fourth-order valence-electron chi connectivity index (χ4n) is 2.63. The van der Waals surface area contributed by atoms with Crippen LogP contribution in [-0.2, 0) is 11.2 Å². The smallest absolute Gasteiger partial charge is 0.229 e. The number of nitrogens with one attached hydrogen (secondary N) is 2. The van der Waals surface area contributed by atoms with Crippen molar-refractivity contribution in [3.8, 4) is 0 Å². The molecular weight excluding hydrogens is 336 g/mol. The van der Waals surface area contributed by atoms with Crippen molar-refractivity contribution in [1.82, 2.24) is 4.98 Å². The summed E-state index contributed by atoms with van der Waals surface area (Å²) >= 11 is 0. The molecule has 0 saturated carbocycles. The van der Waals surface area contributed by atoms with Crippen LogP contribution < -0.4 is 15.5 Å². The molecule has 1 heterocycles. The zero-order chi connectivity index (χ0) is 19.2. The van der Waals surface area contributed by atoms with Crippen molar-refractivity contribution in [1.29, 1.82) is 0 Å². The number of hydrogen-bond acceptors (Lipinski definition) is 4. The van der Waals surface area contributed by atoms with E-state index >= 15 is 0 Å². The second kappa shape index (κ2) is 8.36. The number of carbonyl (C=O) groups is 1. The van der Waals surface area contributed by atoms with Crippen molar-refractivity contribution in [2.24, 2.45) is 0 Å². The van der Waals surface area contributed by atoms with Gasteiger partial charge in [-0.2, -0.15) is 0 Å². The average Bonchev–Trinajstić information content (AvgIpc) is 2.66. The maximum Gasteiger partial charge on any atom is 0.229 e. The molecule has 138 valence electrons. The number of aromatic nitrogens is 1. The van der Waals surface area contributed by atoms with E-state index in [1.807, 2.05) is 63.5 Å². The Morgan fingerprint density at radius 2 is 1.59 bits per heavy atom. The molecule has 0 atom stereocenters. The molecule has 0 saturated heterocycles. The van der Waals surface area contributed by atoms with E-state index in [9.17, 15) is 4.79 Å². The van der Waals surface area contributed by atoms with Gasteiger partial charge in [-0.05, 0) is 48.9 Å². The van der Waals surface area contributed by atoms with E-state index in [1.165, 1.54) is 5.56 Å². The Morgan fingerprint density at radius 3 is 2.19 bits per heavy atom. The third-order valence-corrected chi connectivity index (χ3v) is 4.19. The van der Waals surface area contributed by atoms with Gasteiger partial charge >= 0.3 is 0 Å². The first kappa shape index (κ1) is 18.5. The highest BCUT2D eigenvalue weighted by Gasteiger charge is 2.05. The fraction of sp³-hybridized carbons (Fsp3) is 0.182. The van der Waals surface area contributed by atoms with Gasteiger partial charge in [0.25, 0.3) is 0 Å². The van der Waals surface area contributed by atoms with Gasteiger partial charge in [-0.15, -0.1) is 0 Å². The normalized spacial score (nSPS) is 10.3. The molecule has 5 heteroatoms. The van der Waals surface area contributed by atoms with Crippen molar-refractivity contribution in [3.63, 3.8) is 0 Å². The van der Waals surface area contributed by atoms with Gasteiger partial charge in [0, 0.05) is 25.5 Å². The van der Waals surface area contributed by atoms with Crippen LogP contribution in [0.5, 0.6) is 0 Å². The summed E-state index contributed by atoms with van der Waals surface area (Å²) in [4.78, 5) is 18.5. The number of rotatable bonds is 6. The van der Waals surface area contributed by atoms with Crippen LogP contribution in [0.2, 0.25) is 0 Å². The summed E-state index contributed by atoms with van der Waals surface area (Å²) in [6.07, 6.45) is 2.04. The van der Waals surface area contributed by atoms with E-state index in [2.05, 4.69) is 32.7 Å². The summed E-state index contributed by atoms with van der Waals surface area (Å²) in [6.45, 7) is 2.03. The van der Waals surface area contributed by atoms with E-state index in [4.69, 9.17) is 0 Å². The Hall–Kier alpha value is -3.34. The van der Waals surface area contributed by atoms with Crippen molar-refractivity contribution in [3.05, 3.63) is 78.0 Å². The lowest BCUT2D eigenvalue weighted by Crippen LogP contribution is -2.15. The molecule has 0 radical (unpaired) electrons. The molecule has 1 amide bonds. The van der Waals surface area contributed by atoms with Crippen LogP contribution in [0.3, 0.4) is 0 Å². The molecule has 0 aliphatic heterocycles. The number of carbonyl (C=O) groups excluding carboxylic acids is 1. The fourth-order valence-corrected chi connectivity index (χ4v) is 2.63. The molecule has 3 rings (SSSR count). The molecule has 1 aromatic heterocycles. The Bertz CT molecular complexity index is 885. The van der Waals surface area contributed by atoms with E-state index in [-0.39, 0.29) is 5.91 Å². The predicted octanol–water partition coefficient (Wildman–Crippen LogP) is 4.38. The molecule has 5 nitrogen and oxygen atoms in total. The first-order valence-corrected chi connectivity index (χ1v) is 8.85. The Morgan fingerprint density at radius 1 is 0.926 bits per heavy atom. The highest BCUT2D eigenvalue weighted by Crippen LogP contribution is 2.20. The maximum atomic E-state index is 12.2. The summed E-state index contributed by atoms with van der Waals surface area (Å²) < 4.78 is 0. The van der Waals surface area contributed by atoms with Crippen LogP contribution in [-0.4, -0.2) is 25.0 Å². The molecule has 0 fully saturated rings. The van der Waals surface area contributed by atoms with Crippen molar-refractivity contribution >= 4 is 28.8 Å². The van der Waals surface area contributed by atoms with Gasteiger partial charge in [-0.25, -0.2) is 4.98 Å². The zero-order valence-corrected chi connectivity index (χ0v) is 15.9. The Kier molecular flexibility index (Phi) is 5.71. The topological polar surface area (TPSA) is 57.3 Å². The van der Waals surface area contributed by atoms with Crippen molar-refractivity contribution in [2.45, 2.75) is 13.3 Å². The summed E-state index contributed by atoms with van der Waals surface area (Å²) in [5.74, 6) is 0.465. The lowest BCUT2D eigenvalue weighted by atomic mass is 10.1. The van der Waals surface area contributed by atoms with Gasteiger partial charge in [0.2, 0.25) is 5.91 Å². The van der Waals surface area contributed by atoms with Gasteiger partial charge in [0.15, 0.2) is 0 Å². The molecule has 3 aromatic rings. The molecule has 2 aromatic carbocycles. The quantitative estimate of drug-likeness (QED) is 0.685. The SMILES string of the molecule is Cc1ccc(CC(=O)Nc2ccc(Nc3ccc(N(C)C)cc3)cn2)cc1. The standard InChI is InChI=1S/C22H24N4O/c1-16-4-6-17(7-5-16)14-22(27)25-21-13-10-19(15-23-21)24-18-8-11-20(12-9-18)26(2)3/h4-13,15,24H,14H2,1-3H3,(H,23,25,27). The minimum Gasteiger partial charge on any atom is -0.378 e. The summed E-state index contributed by atoms with van der Waals surface area (Å²) in [5, 5.41) is 6.13. The number of hydrogen-bond donors (Lipinski definition) is 2. The molecule has 0 bridgehead atoms. The average molecular weight is 360 g/mol. The predicted molar refractivity (Wildman–Crippen MR) is 112 cm³/mol. The molecule has 2 N–H and O–H groups in total. The van der Waals surface area contributed by atoms with Gasteiger partial charge < -0.3 is 15.5 Å². The van der Waals surface area contributed by atoms with Gasteiger partial charge in [-0.3, -0.25) is 4.79 Å². The van der Waals surface area contributed by atoms with Gasteiger partial charge in [0.1, 0.15) is 5.82 Å². The molecule has 0 aliphatic carbocycles. The number of benzene rings is 2. The highest BCUT2D eigenvalue weighted by atomic mass is 16.1. The van der Waals surface area contributed by atoms with E-state index in [0.29, 0.717) is 12.2 Å². The molecular formula is C22H24N4O. The second-order valence-electron chi connectivity index (χ2n) is 6.71. The van der Waals surface area contributed by atoms with E-state index in [1.54, 1.807) is 12.3 Å². The van der Waals surface area contributed by atoms with Crippen molar-refractivity contribution < 1.29 is 4.79 Å². The number of amides is 1. The number of anilines is 4. The lowest BCUT2D eigenvalue weighted by Gasteiger charge is -2.13. The third-order valence-electron chi connectivity index (χ3n) is 4.19. The Balaban J connectivity index is 1.56. The monoisotopic (exact) mass is 360 g/mol. The van der Waals surface area contributed by atoms with Crippen LogP contribution in [0.1, 0.15) is 11.1 Å². The van der Waals surface area contributed by atoms with Crippen molar-refractivity contribution in [2.75, 3.05) is 29.6 Å². The lowest BCUT2D eigenvalue weighted by molar-refractivity contribution is -0.115. The minimum absolute atomic E-state index is 0.0775. The summed E-state index contributed by atoms with van der Waals surface area (Å²) in [7, 11) is 4.02. The molecule has 27 heavy (non-hydrogen) atoms. The van der Waals surface area contributed by atoms with Gasteiger partial charge in [-0.1, -0.05) is 29.8 Å².